The maximum absolute atomic E-state index is 13.7. The molecule has 0 bridgehead atoms. The van der Waals surface area contributed by atoms with Crippen LogP contribution in [0.15, 0.2) is 59.8 Å². The molecule has 1 N–H and O–H groups in total. The van der Waals surface area contributed by atoms with Crippen LogP contribution < -0.4 is 5.32 Å². The number of hydrogen-bond acceptors (Lipinski definition) is 7. The Kier molecular flexibility index (Phi) is 6.86. The van der Waals surface area contributed by atoms with Gasteiger partial charge >= 0.3 is 0 Å². The quantitative estimate of drug-likeness (QED) is 0.493. The minimum absolute atomic E-state index is 0.107. The number of fused-ring (bicyclic) bond motifs is 2. The fourth-order valence-corrected chi connectivity index (χ4v) is 7.70. The number of thiophene rings is 1. The SMILES string of the molecule is CC(C)CC(NC(=O)c1cc2ccccc2s1)C(=O)N1CCC2C1C(=O)CN2S(=O)(=O)c1ccccn1. The number of likely N-dealkylation sites (tertiary alicyclic amines) is 1. The van der Waals surface area contributed by atoms with Gasteiger partial charge in [-0.3, -0.25) is 14.4 Å². The average Bonchev–Trinajstić information content (AvgIpc) is 3.58. The topological polar surface area (TPSA) is 117 Å². The number of benzene rings is 1. The summed E-state index contributed by atoms with van der Waals surface area (Å²) in [6.45, 7) is 3.85. The van der Waals surface area contributed by atoms with Crippen LogP contribution in [0.3, 0.4) is 0 Å². The van der Waals surface area contributed by atoms with Gasteiger partial charge < -0.3 is 10.2 Å². The average molecular weight is 541 g/mol. The molecule has 2 aliphatic heterocycles. The molecular formula is C26H28N4O5S2. The Bertz CT molecular complexity index is 1420. The zero-order chi connectivity index (χ0) is 26.3. The van der Waals surface area contributed by atoms with Gasteiger partial charge in [0.05, 0.1) is 17.5 Å². The molecule has 0 spiro atoms. The lowest BCUT2D eigenvalue weighted by atomic mass is 10.0. The maximum Gasteiger partial charge on any atom is 0.262 e. The van der Waals surface area contributed by atoms with Crippen molar-refractivity contribution >= 4 is 49.0 Å². The summed E-state index contributed by atoms with van der Waals surface area (Å²) in [6.07, 6.45) is 2.13. The lowest BCUT2D eigenvalue weighted by Crippen LogP contribution is -2.52. The highest BCUT2D eigenvalue weighted by atomic mass is 32.2. The van der Waals surface area contributed by atoms with Crippen LogP contribution >= 0.6 is 11.3 Å². The number of nitrogens with zero attached hydrogens (tertiary/aromatic N) is 3. The number of aromatic nitrogens is 1. The molecular weight excluding hydrogens is 512 g/mol. The molecule has 0 radical (unpaired) electrons. The van der Waals surface area contributed by atoms with Gasteiger partial charge in [-0.15, -0.1) is 11.3 Å². The first-order chi connectivity index (χ1) is 17.7. The molecule has 3 atom stereocenters. The molecule has 4 heterocycles. The first-order valence-corrected chi connectivity index (χ1v) is 14.5. The van der Waals surface area contributed by atoms with Crippen LogP contribution in [0.5, 0.6) is 0 Å². The third kappa shape index (κ3) is 4.78. The van der Waals surface area contributed by atoms with Gasteiger partial charge in [0.25, 0.3) is 15.9 Å². The summed E-state index contributed by atoms with van der Waals surface area (Å²) in [6, 6.07) is 11.7. The molecule has 2 amide bonds. The van der Waals surface area contributed by atoms with Crippen LogP contribution in [-0.2, 0) is 19.6 Å². The lowest BCUT2D eigenvalue weighted by molar-refractivity contribution is -0.138. The summed E-state index contributed by atoms with van der Waals surface area (Å²) >= 11 is 1.36. The van der Waals surface area contributed by atoms with Crippen molar-refractivity contribution in [3.05, 3.63) is 59.6 Å². The fourth-order valence-electron chi connectivity index (χ4n) is 5.18. The number of ketones is 1. The molecule has 9 nitrogen and oxygen atoms in total. The van der Waals surface area contributed by atoms with Gasteiger partial charge in [-0.05, 0) is 48.4 Å². The predicted octanol–water partition coefficient (Wildman–Crippen LogP) is 2.68. The number of Topliss-reactive ketones (excluding diaryl/α,β-unsaturated/α-hetero) is 1. The monoisotopic (exact) mass is 540 g/mol. The zero-order valence-corrected chi connectivity index (χ0v) is 22.2. The first-order valence-electron chi connectivity index (χ1n) is 12.2. The molecule has 2 aliphatic rings. The van der Waals surface area contributed by atoms with Gasteiger partial charge in [0, 0.05) is 17.4 Å². The third-order valence-electron chi connectivity index (χ3n) is 6.83. The standard InChI is InChI=1S/C26H28N4O5S2/c1-16(2)13-18(28-25(32)22-14-17-7-3-4-8-21(17)36-22)26(33)29-12-10-19-24(29)20(31)15-30(19)37(34,35)23-9-5-6-11-27-23/h3-9,11,14,16,18-19,24H,10,12-13,15H2,1-2H3,(H,28,32). The van der Waals surface area contributed by atoms with Crippen LogP contribution in [-0.4, -0.2) is 71.4 Å². The van der Waals surface area contributed by atoms with Crippen LogP contribution in [0.1, 0.15) is 36.4 Å². The van der Waals surface area contributed by atoms with Crippen molar-refractivity contribution in [2.24, 2.45) is 5.92 Å². The van der Waals surface area contributed by atoms with E-state index in [1.54, 1.807) is 18.2 Å². The zero-order valence-electron chi connectivity index (χ0n) is 20.5. The largest absolute Gasteiger partial charge is 0.340 e. The third-order valence-corrected chi connectivity index (χ3v) is 9.73. The van der Waals surface area contributed by atoms with E-state index in [-0.39, 0.29) is 41.6 Å². The van der Waals surface area contributed by atoms with E-state index in [9.17, 15) is 22.8 Å². The Morgan fingerprint density at radius 3 is 2.62 bits per heavy atom. The Hall–Kier alpha value is -3.15. The van der Waals surface area contributed by atoms with E-state index in [0.29, 0.717) is 17.7 Å². The van der Waals surface area contributed by atoms with Crippen molar-refractivity contribution in [3.63, 3.8) is 0 Å². The second-order valence-electron chi connectivity index (χ2n) is 9.82. The Balaban J connectivity index is 1.36. The summed E-state index contributed by atoms with van der Waals surface area (Å²) in [5, 5.41) is 3.72. The highest BCUT2D eigenvalue weighted by Gasteiger charge is 2.54. The number of amides is 2. The van der Waals surface area contributed by atoms with Crippen molar-refractivity contribution < 1.29 is 22.8 Å². The lowest BCUT2D eigenvalue weighted by Gasteiger charge is -2.29. The van der Waals surface area contributed by atoms with Crippen LogP contribution in [0, 0.1) is 5.92 Å². The molecule has 11 heteroatoms. The van der Waals surface area contributed by atoms with Gasteiger partial charge in [-0.2, -0.15) is 4.31 Å². The van der Waals surface area contributed by atoms with Crippen molar-refractivity contribution in [2.45, 2.75) is 49.8 Å². The predicted molar refractivity (Wildman–Crippen MR) is 140 cm³/mol. The smallest absolute Gasteiger partial charge is 0.262 e. The minimum Gasteiger partial charge on any atom is -0.340 e. The van der Waals surface area contributed by atoms with Crippen LogP contribution in [0.4, 0.5) is 0 Å². The molecule has 37 heavy (non-hydrogen) atoms. The summed E-state index contributed by atoms with van der Waals surface area (Å²) < 4.78 is 28.6. The van der Waals surface area contributed by atoms with Gasteiger partial charge in [0.1, 0.15) is 12.1 Å². The van der Waals surface area contributed by atoms with E-state index < -0.39 is 28.1 Å². The number of rotatable bonds is 7. The molecule has 1 aromatic carbocycles. The van der Waals surface area contributed by atoms with Crippen LogP contribution in [0.25, 0.3) is 10.1 Å². The number of sulfonamides is 1. The van der Waals surface area contributed by atoms with E-state index in [0.717, 1.165) is 10.1 Å². The number of nitrogens with one attached hydrogen (secondary N) is 1. The first kappa shape index (κ1) is 25.5. The molecule has 2 aromatic heterocycles. The summed E-state index contributed by atoms with van der Waals surface area (Å²) in [7, 11) is -3.99. The van der Waals surface area contributed by atoms with Crippen molar-refractivity contribution in [1.29, 1.82) is 0 Å². The number of hydrogen-bond donors (Lipinski definition) is 1. The summed E-state index contributed by atoms with van der Waals surface area (Å²) in [4.78, 5) is 45.8. The van der Waals surface area contributed by atoms with E-state index >= 15 is 0 Å². The Morgan fingerprint density at radius 2 is 1.92 bits per heavy atom. The van der Waals surface area contributed by atoms with Crippen molar-refractivity contribution in [2.75, 3.05) is 13.1 Å². The van der Waals surface area contributed by atoms with Gasteiger partial charge in [0.2, 0.25) is 5.91 Å². The van der Waals surface area contributed by atoms with Gasteiger partial charge in [-0.1, -0.05) is 38.1 Å². The summed E-state index contributed by atoms with van der Waals surface area (Å²) in [5.41, 5.74) is 0. The minimum atomic E-state index is -3.99. The van der Waals surface area contributed by atoms with Gasteiger partial charge in [0.15, 0.2) is 10.8 Å². The van der Waals surface area contributed by atoms with Crippen molar-refractivity contribution in [3.8, 4) is 0 Å². The maximum atomic E-state index is 13.7. The van der Waals surface area contributed by atoms with E-state index in [2.05, 4.69) is 10.3 Å². The molecule has 0 saturated carbocycles. The highest BCUT2D eigenvalue weighted by molar-refractivity contribution is 7.89. The molecule has 0 aliphatic carbocycles. The molecule has 3 aromatic rings. The van der Waals surface area contributed by atoms with Gasteiger partial charge in [-0.25, -0.2) is 13.4 Å². The Morgan fingerprint density at radius 1 is 1.16 bits per heavy atom. The van der Waals surface area contributed by atoms with Crippen LogP contribution in [0.2, 0.25) is 0 Å². The number of carbonyl (C=O) groups is 3. The normalized spacial score (nSPS) is 20.9. The molecule has 5 rings (SSSR count). The molecule has 194 valence electrons. The second-order valence-corrected chi connectivity index (χ2v) is 12.7. The fraction of sp³-hybridized carbons (Fsp3) is 0.385. The van der Waals surface area contributed by atoms with E-state index in [4.69, 9.17) is 0 Å². The molecule has 2 saturated heterocycles. The van der Waals surface area contributed by atoms with E-state index in [1.165, 1.54) is 32.8 Å². The van der Waals surface area contributed by atoms with Crippen molar-refractivity contribution in [1.82, 2.24) is 19.5 Å². The van der Waals surface area contributed by atoms with E-state index in [1.807, 2.05) is 38.1 Å². The highest BCUT2D eigenvalue weighted by Crippen LogP contribution is 2.34. The number of pyridine rings is 1. The molecule has 2 fully saturated rings. The molecule has 3 unspecified atom stereocenters. The number of carbonyl (C=O) groups excluding carboxylic acids is 3. The Labute approximate surface area is 219 Å². The summed E-state index contributed by atoms with van der Waals surface area (Å²) in [5.74, 6) is -0.918. The second kappa shape index (κ2) is 9.96.